The molecule has 2 saturated heterocycles. The maximum atomic E-state index is 12.4. The maximum absolute atomic E-state index is 12.4. The van der Waals surface area contributed by atoms with Crippen molar-refractivity contribution in [1.29, 1.82) is 0 Å². The van der Waals surface area contributed by atoms with Crippen LogP contribution in [0.5, 0.6) is 0 Å². The Balaban J connectivity index is 1.53. The van der Waals surface area contributed by atoms with Gasteiger partial charge in [0.1, 0.15) is 6.10 Å². The number of fused-ring (bicyclic) bond motifs is 1. The highest BCUT2D eigenvalue weighted by molar-refractivity contribution is 5.69. The molecular weight excluding hydrogens is 326 g/mol. The van der Waals surface area contributed by atoms with Gasteiger partial charge in [0.05, 0.1) is 19.3 Å². The third-order valence-corrected chi connectivity index (χ3v) is 5.89. The SMILES string of the molecule is CCCCCCCCC[C@@H]1C[C@@H]2O[C@H](c3ccccc3)[C@@H]2N1C(=O)OC. The van der Waals surface area contributed by atoms with Gasteiger partial charge in [-0.1, -0.05) is 82.2 Å². The van der Waals surface area contributed by atoms with Crippen LogP contribution >= 0.6 is 0 Å². The van der Waals surface area contributed by atoms with Gasteiger partial charge in [-0.25, -0.2) is 4.79 Å². The first-order valence-corrected chi connectivity index (χ1v) is 10.3. The molecule has 1 aromatic carbocycles. The van der Waals surface area contributed by atoms with Gasteiger partial charge in [0.15, 0.2) is 0 Å². The molecule has 4 heteroatoms. The van der Waals surface area contributed by atoms with Crippen molar-refractivity contribution in [1.82, 2.24) is 4.90 Å². The minimum absolute atomic E-state index is 0.0145. The Hall–Kier alpha value is -1.55. The molecule has 0 bridgehead atoms. The second-order valence-electron chi connectivity index (χ2n) is 7.67. The average molecular weight is 360 g/mol. The minimum Gasteiger partial charge on any atom is -0.453 e. The van der Waals surface area contributed by atoms with Gasteiger partial charge in [0, 0.05) is 6.04 Å². The summed E-state index contributed by atoms with van der Waals surface area (Å²) in [5.41, 5.74) is 1.15. The van der Waals surface area contributed by atoms with Crippen LogP contribution in [0.25, 0.3) is 0 Å². The maximum Gasteiger partial charge on any atom is 0.410 e. The second-order valence-corrected chi connectivity index (χ2v) is 7.67. The molecule has 2 heterocycles. The summed E-state index contributed by atoms with van der Waals surface area (Å²) in [6.45, 7) is 2.25. The van der Waals surface area contributed by atoms with E-state index >= 15 is 0 Å². The molecule has 0 aliphatic carbocycles. The lowest BCUT2D eigenvalue weighted by Crippen LogP contribution is -2.54. The molecule has 3 rings (SSSR count). The zero-order valence-electron chi connectivity index (χ0n) is 16.2. The van der Waals surface area contributed by atoms with Crippen LogP contribution in [0, 0.1) is 0 Å². The number of hydrogen-bond donors (Lipinski definition) is 0. The molecule has 4 nitrogen and oxygen atoms in total. The number of hydrogen-bond acceptors (Lipinski definition) is 3. The van der Waals surface area contributed by atoms with Crippen LogP contribution < -0.4 is 0 Å². The third kappa shape index (κ3) is 4.22. The highest BCUT2D eigenvalue weighted by Gasteiger charge is 2.56. The number of likely N-dealkylation sites (tertiary alicyclic amines) is 1. The normalized spacial score (nSPS) is 27.1. The minimum atomic E-state index is -0.199. The smallest absolute Gasteiger partial charge is 0.410 e. The van der Waals surface area contributed by atoms with Crippen molar-refractivity contribution < 1.29 is 14.3 Å². The number of rotatable bonds is 9. The van der Waals surface area contributed by atoms with Crippen LogP contribution in [-0.2, 0) is 9.47 Å². The molecule has 2 fully saturated rings. The van der Waals surface area contributed by atoms with Crippen molar-refractivity contribution in [3.8, 4) is 0 Å². The van der Waals surface area contributed by atoms with Gasteiger partial charge in [-0.2, -0.15) is 0 Å². The van der Waals surface area contributed by atoms with Crippen LogP contribution in [-0.4, -0.2) is 36.3 Å². The molecule has 0 aromatic heterocycles. The molecule has 4 atom stereocenters. The van der Waals surface area contributed by atoms with Gasteiger partial charge in [-0.3, -0.25) is 4.90 Å². The van der Waals surface area contributed by atoms with Gasteiger partial charge in [-0.15, -0.1) is 0 Å². The van der Waals surface area contributed by atoms with Crippen LogP contribution in [0.1, 0.15) is 76.4 Å². The van der Waals surface area contributed by atoms with E-state index in [1.54, 1.807) is 0 Å². The summed E-state index contributed by atoms with van der Waals surface area (Å²) in [7, 11) is 1.48. The third-order valence-electron chi connectivity index (χ3n) is 5.89. The van der Waals surface area contributed by atoms with Crippen LogP contribution in [0.3, 0.4) is 0 Å². The summed E-state index contributed by atoms with van der Waals surface area (Å²) in [4.78, 5) is 14.4. The van der Waals surface area contributed by atoms with Crippen molar-refractivity contribution in [2.75, 3.05) is 7.11 Å². The summed E-state index contributed by atoms with van der Waals surface area (Å²) in [5.74, 6) is 0. The highest BCUT2D eigenvalue weighted by atomic mass is 16.6. The Morgan fingerprint density at radius 3 is 2.50 bits per heavy atom. The monoisotopic (exact) mass is 359 g/mol. The van der Waals surface area contributed by atoms with E-state index in [4.69, 9.17) is 9.47 Å². The molecule has 2 aliphatic heterocycles. The molecule has 0 N–H and O–H groups in total. The number of benzene rings is 1. The summed E-state index contributed by atoms with van der Waals surface area (Å²) in [5, 5.41) is 0. The number of amides is 1. The fourth-order valence-electron chi connectivity index (χ4n) is 4.49. The van der Waals surface area contributed by atoms with E-state index < -0.39 is 0 Å². The largest absolute Gasteiger partial charge is 0.453 e. The number of nitrogens with zero attached hydrogens (tertiary/aromatic N) is 1. The number of unbranched alkanes of at least 4 members (excludes halogenated alkanes) is 6. The lowest BCUT2D eigenvalue weighted by molar-refractivity contribution is -0.162. The summed E-state index contributed by atoms with van der Waals surface area (Å²) >= 11 is 0. The number of carbonyl (C=O) groups excluding carboxylic acids is 1. The van der Waals surface area contributed by atoms with Crippen molar-refractivity contribution >= 4 is 6.09 Å². The standard InChI is InChI=1S/C22H33NO3/c1-3-4-5-6-7-8-12-15-18-16-19-20(23(18)22(24)25-2)21(26-19)17-13-10-9-11-14-17/h9-11,13-14,18-21H,3-8,12,15-16H2,1-2H3/t18-,19+,20-,21-/m1/s1. The highest BCUT2D eigenvalue weighted by Crippen LogP contribution is 2.47. The van der Waals surface area contributed by atoms with E-state index in [1.165, 1.54) is 52.1 Å². The van der Waals surface area contributed by atoms with Gasteiger partial charge in [0.2, 0.25) is 0 Å². The summed E-state index contributed by atoms with van der Waals surface area (Å²) < 4.78 is 11.2. The summed E-state index contributed by atoms with van der Waals surface area (Å²) in [6.07, 6.45) is 11.0. The second kappa shape index (κ2) is 9.40. The predicted octanol–water partition coefficient (Wildman–Crippen LogP) is 5.48. The Labute approximate surface area is 157 Å². The zero-order valence-corrected chi connectivity index (χ0v) is 16.2. The lowest BCUT2D eigenvalue weighted by atomic mass is 9.92. The molecule has 0 radical (unpaired) electrons. The number of carbonyl (C=O) groups is 1. The van der Waals surface area contributed by atoms with Gasteiger partial charge < -0.3 is 9.47 Å². The Bertz CT molecular complexity index is 562. The Morgan fingerprint density at radius 2 is 1.81 bits per heavy atom. The van der Waals surface area contributed by atoms with Gasteiger partial charge in [0.25, 0.3) is 0 Å². The fourth-order valence-corrected chi connectivity index (χ4v) is 4.49. The predicted molar refractivity (Wildman–Crippen MR) is 103 cm³/mol. The number of methoxy groups -OCH3 is 1. The van der Waals surface area contributed by atoms with Crippen LogP contribution in [0.4, 0.5) is 4.79 Å². The molecular formula is C22H33NO3. The van der Waals surface area contributed by atoms with Crippen LogP contribution in [0.2, 0.25) is 0 Å². The van der Waals surface area contributed by atoms with Gasteiger partial charge >= 0.3 is 6.09 Å². The average Bonchev–Trinajstić information content (AvgIpc) is 2.93. The zero-order chi connectivity index (χ0) is 18.4. The molecule has 26 heavy (non-hydrogen) atoms. The first-order valence-electron chi connectivity index (χ1n) is 10.3. The molecule has 0 unspecified atom stereocenters. The van der Waals surface area contributed by atoms with E-state index in [1.807, 2.05) is 23.1 Å². The van der Waals surface area contributed by atoms with E-state index in [9.17, 15) is 4.79 Å². The van der Waals surface area contributed by atoms with E-state index in [0.717, 1.165) is 18.4 Å². The molecule has 1 amide bonds. The first-order chi connectivity index (χ1) is 12.8. The van der Waals surface area contributed by atoms with E-state index in [-0.39, 0.29) is 30.4 Å². The fraction of sp³-hybridized carbons (Fsp3) is 0.682. The van der Waals surface area contributed by atoms with Crippen LogP contribution in [0.15, 0.2) is 30.3 Å². The van der Waals surface area contributed by atoms with E-state index in [0.29, 0.717) is 0 Å². The van der Waals surface area contributed by atoms with Gasteiger partial charge in [-0.05, 0) is 18.4 Å². The Kier molecular flexibility index (Phi) is 6.95. The van der Waals surface area contributed by atoms with Crippen molar-refractivity contribution in [2.45, 2.75) is 89.0 Å². The van der Waals surface area contributed by atoms with Crippen molar-refractivity contribution in [3.05, 3.63) is 35.9 Å². The molecule has 0 spiro atoms. The summed E-state index contributed by atoms with van der Waals surface area (Å²) in [6, 6.07) is 10.6. The Morgan fingerprint density at radius 1 is 1.12 bits per heavy atom. The van der Waals surface area contributed by atoms with Crippen molar-refractivity contribution in [2.24, 2.45) is 0 Å². The molecule has 2 aliphatic rings. The first kappa shape index (κ1) is 19.2. The quantitative estimate of drug-likeness (QED) is 0.548. The number of ether oxygens (including phenoxy) is 2. The van der Waals surface area contributed by atoms with E-state index in [2.05, 4.69) is 19.1 Å². The van der Waals surface area contributed by atoms with Crippen molar-refractivity contribution in [3.63, 3.8) is 0 Å². The molecule has 1 aromatic rings. The topological polar surface area (TPSA) is 38.8 Å². The molecule has 0 saturated carbocycles. The lowest BCUT2D eigenvalue weighted by Gasteiger charge is -2.44. The molecule has 144 valence electrons.